The molecule has 0 atom stereocenters. The number of aromatic nitrogens is 5. The zero-order valence-electron chi connectivity index (χ0n) is 22.0. The minimum absolute atomic E-state index is 0.0565. The molecular weight excluding hydrogens is 562 g/mol. The molecule has 5 aromatic rings. The second-order valence-corrected chi connectivity index (χ2v) is 11.5. The van der Waals surface area contributed by atoms with Crippen LogP contribution >= 0.6 is 0 Å². The Hall–Kier alpha value is -4.36. The first-order valence-corrected chi connectivity index (χ1v) is 14.1. The van der Waals surface area contributed by atoms with Gasteiger partial charge in [-0.15, -0.1) is 5.10 Å². The van der Waals surface area contributed by atoms with Gasteiger partial charge in [0.25, 0.3) is 0 Å². The minimum atomic E-state index is -4.68. The normalized spacial score (nSPS) is 12.2. The highest BCUT2D eigenvalue weighted by atomic mass is 32.2. The lowest BCUT2D eigenvalue weighted by Crippen LogP contribution is -2.08. The van der Waals surface area contributed by atoms with Gasteiger partial charge in [0.1, 0.15) is 11.6 Å². The summed E-state index contributed by atoms with van der Waals surface area (Å²) < 4.78 is 82.9. The quantitative estimate of drug-likeness (QED) is 0.266. The third-order valence-electron chi connectivity index (χ3n) is 6.58. The summed E-state index contributed by atoms with van der Waals surface area (Å²) in [6, 6.07) is 14.4. The van der Waals surface area contributed by atoms with Crippen LogP contribution in [0.15, 0.2) is 71.9 Å². The third kappa shape index (κ3) is 5.37. The van der Waals surface area contributed by atoms with Crippen molar-refractivity contribution in [1.29, 1.82) is 0 Å². The van der Waals surface area contributed by atoms with Crippen molar-refractivity contribution >= 4 is 9.84 Å². The van der Waals surface area contributed by atoms with Crippen molar-refractivity contribution < 1.29 is 31.1 Å². The molecule has 3 aromatic carbocycles. The van der Waals surface area contributed by atoms with Crippen LogP contribution < -0.4 is 0 Å². The number of aliphatic hydroxyl groups excluding tert-OH is 1. The molecule has 8 nitrogen and oxygen atoms in total. The van der Waals surface area contributed by atoms with E-state index in [1.165, 1.54) is 40.6 Å². The fourth-order valence-electron chi connectivity index (χ4n) is 4.53. The van der Waals surface area contributed by atoms with Crippen molar-refractivity contribution in [3.63, 3.8) is 0 Å². The topological polar surface area (TPSA) is 103 Å². The summed E-state index contributed by atoms with van der Waals surface area (Å²) in [5.74, 6) is -0.863. The maximum Gasteiger partial charge on any atom is 0.434 e. The zero-order chi connectivity index (χ0) is 29.7. The maximum atomic E-state index is 15.0. The van der Waals surface area contributed by atoms with Gasteiger partial charge in [0, 0.05) is 23.6 Å². The van der Waals surface area contributed by atoms with Crippen molar-refractivity contribution in [2.75, 3.05) is 6.26 Å². The molecular formula is C28H23F4N5O3S. The second kappa shape index (κ2) is 10.2. The zero-order valence-corrected chi connectivity index (χ0v) is 22.8. The summed E-state index contributed by atoms with van der Waals surface area (Å²) in [7, 11) is -3.91. The molecule has 0 bridgehead atoms. The van der Waals surface area contributed by atoms with Crippen LogP contribution in [0.5, 0.6) is 0 Å². The third-order valence-corrected chi connectivity index (χ3v) is 7.74. The molecule has 212 valence electrons. The van der Waals surface area contributed by atoms with Crippen LogP contribution in [0.4, 0.5) is 17.6 Å². The first kappa shape index (κ1) is 28.2. The van der Waals surface area contributed by atoms with E-state index >= 15 is 0 Å². The van der Waals surface area contributed by atoms with E-state index in [1.807, 2.05) is 31.2 Å². The molecule has 0 unspecified atom stereocenters. The Morgan fingerprint density at radius 1 is 0.927 bits per heavy atom. The number of aliphatic hydroxyl groups is 1. The maximum absolute atomic E-state index is 15.0. The average Bonchev–Trinajstić information content (AvgIpc) is 3.55. The van der Waals surface area contributed by atoms with Crippen LogP contribution in [0, 0.1) is 19.7 Å². The first-order chi connectivity index (χ1) is 19.3. The number of aryl methyl sites for hydroxylation is 2. The molecule has 5 rings (SSSR count). The Balaban J connectivity index is 1.78. The Labute approximate surface area is 232 Å². The van der Waals surface area contributed by atoms with Gasteiger partial charge in [0.2, 0.25) is 0 Å². The van der Waals surface area contributed by atoms with Gasteiger partial charge in [-0.1, -0.05) is 41.1 Å². The minimum Gasteiger partial charge on any atom is -0.392 e. The van der Waals surface area contributed by atoms with Gasteiger partial charge >= 0.3 is 6.18 Å². The monoisotopic (exact) mass is 585 g/mol. The number of rotatable bonds is 6. The van der Waals surface area contributed by atoms with Gasteiger partial charge in [-0.25, -0.2) is 22.5 Å². The number of halogens is 4. The number of sulfone groups is 1. The molecule has 41 heavy (non-hydrogen) atoms. The second-order valence-electron chi connectivity index (χ2n) is 9.51. The molecule has 13 heteroatoms. The Kier molecular flexibility index (Phi) is 7.03. The summed E-state index contributed by atoms with van der Waals surface area (Å²) >= 11 is 0. The van der Waals surface area contributed by atoms with Gasteiger partial charge in [0.15, 0.2) is 15.5 Å². The molecule has 0 spiro atoms. The highest BCUT2D eigenvalue weighted by molar-refractivity contribution is 7.90. The van der Waals surface area contributed by atoms with Crippen molar-refractivity contribution in [3.05, 3.63) is 95.5 Å². The molecule has 0 radical (unpaired) electrons. The molecule has 0 amide bonds. The van der Waals surface area contributed by atoms with Crippen LogP contribution in [-0.2, 0) is 22.6 Å². The number of hydrogen-bond acceptors (Lipinski definition) is 6. The standard InChI is InChI=1S/C28H23F4N5O3S/c1-16-4-6-18(7-5-16)25-13-33-35-37(25)24-11-19(20-10-22(29)21(15-38)26(12-20)41(3,39)40)8-9-23(24)36-14-27(28(30,31)32)34-17(36)2/h4-14,38H,15H2,1-3H3. The molecule has 0 aliphatic carbocycles. The van der Waals surface area contributed by atoms with E-state index < -0.39 is 34.1 Å². The van der Waals surface area contributed by atoms with Crippen molar-refractivity contribution in [2.45, 2.75) is 31.5 Å². The molecule has 2 aromatic heterocycles. The number of nitrogens with zero attached hydrogens (tertiary/aromatic N) is 5. The van der Waals surface area contributed by atoms with Crippen molar-refractivity contribution in [1.82, 2.24) is 24.5 Å². The number of imidazole rings is 1. The van der Waals surface area contributed by atoms with Gasteiger partial charge < -0.3 is 9.67 Å². The SMILES string of the molecule is Cc1ccc(-c2cnnn2-c2cc(-c3cc(F)c(CO)c(S(C)(=O)=O)c3)ccc2-n2cc(C(F)(F)F)nc2C)cc1. The van der Waals surface area contributed by atoms with Crippen LogP contribution in [0.1, 0.15) is 22.6 Å². The van der Waals surface area contributed by atoms with Crippen molar-refractivity contribution in [2.24, 2.45) is 0 Å². The Morgan fingerprint density at radius 2 is 1.61 bits per heavy atom. The Morgan fingerprint density at radius 3 is 2.22 bits per heavy atom. The van der Waals surface area contributed by atoms with Crippen LogP contribution in [0.25, 0.3) is 33.8 Å². The first-order valence-electron chi connectivity index (χ1n) is 12.2. The van der Waals surface area contributed by atoms with Crippen LogP contribution in [0.3, 0.4) is 0 Å². The smallest absolute Gasteiger partial charge is 0.392 e. The molecule has 0 fully saturated rings. The average molecular weight is 586 g/mol. The highest BCUT2D eigenvalue weighted by Gasteiger charge is 2.35. The molecule has 0 saturated heterocycles. The molecule has 0 aliphatic heterocycles. The predicted octanol–water partition coefficient (Wildman–Crippen LogP) is 5.46. The lowest BCUT2D eigenvalue weighted by molar-refractivity contribution is -0.141. The lowest BCUT2D eigenvalue weighted by atomic mass is 10.0. The predicted molar refractivity (Wildman–Crippen MR) is 143 cm³/mol. The molecule has 0 saturated carbocycles. The summed E-state index contributed by atoms with van der Waals surface area (Å²) in [4.78, 5) is 3.30. The fourth-order valence-corrected chi connectivity index (χ4v) is 5.48. The van der Waals surface area contributed by atoms with E-state index in [4.69, 9.17) is 0 Å². The van der Waals surface area contributed by atoms with Gasteiger partial charge in [-0.05, 0) is 49.2 Å². The number of hydrogen-bond donors (Lipinski definition) is 1. The van der Waals surface area contributed by atoms with E-state index in [2.05, 4.69) is 15.3 Å². The Bertz CT molecular complexity index is 1880. The van der Waals surface area contributed by atoms with E-state index in [-0.39, 0.29) is 33.2 Å². The van der Waals surface area contributed by atoms with E-state index in [0.29, 0.717) is 11.3 Å². The highest BCUT2D eigenvalue weighted by Crippen LogP contribution is 2.35. The van der Waals surface area contributed by atoms with E-state index in [1.54, 1.807) is 6.07 Å². The largest absolute Gasteiger partial charge is 0.434 e. The lowest BCUT2D eigenvalue weighted by Gasteiger charge is -2.17. The summed E-state index contributed by atoms with van der Waals surface area (Å²) in [5, 5.41) is 17.8. The number of benzene rings is 3. The van der Waals surface area contributed by atoms with Crippen LogP contribution in [0.2, 0.25) is 0 Å². The van der Waals surface area contributed by atoms with Crippen LogP contribution in [-0.4, -0.2) is 44.3 Å². The fraction of sp³-hybridized carbons (Fsp3) is 0.179. The van der Waals surface area contributed by atoms with Gasteiger partial charge in [-0.3, -0.25) is 0 Å². The molecule has 1 N–H and O–H groups in total. The number of alkyl halides is 3. The van der Waals surface area contributed by atoms with Crippen molar-refractivity contribution in [3.8, 4) is 33.8 Å². The molecule has 0 aliphatic rings. The van der Waals surface area contributed by atoms with E-state index in [9.17, 15) is 31.1 Å². The summed E-state index contributed by atoms with van der Waals surface area (Å²) in [6.45, 7) is 2.53. The summed E-state index contributed by atoms with van der Waals surface area (Å²) in [5.41, 5.74) is 1.88. The van der Waals surface area contributed by atoms with E-state index in [0.717, 1.165) is 29.6 Å². The molecule has 2 heterocycles. The van der Waals surface area contributed by atoms with Gasteiger partial charge in [-0.2, -0.15) is 13.2 Å². The van der Waals surface area contributed by atoms with Gasteiger partial charge in [0.05, 0.1) is 34.8 Å². The summed E-state index contributed by atoms with van der Waals surface area (Å²) in [6.07, 6.45) is -1.40.